The molecule has 0 aromatic carbocycles. The van der Waals surface area contributed by atoms with Gasteiger partial charge in [0.2, 0.25) is 0 Å². The van der Waals surface area contributed by atoms with E-state index in [9.17, 15) is 0 Å². The Labute approximate surface area is 107 Å². The molecule has 100 valence electrons. The van der Waals surface area contributed by atoms with Crippen molar-refractivity contribution in [2.75, 3.05) is 18.1 Å². The van der Waals surface area contributed by atoms with E-state index in [1.807, 2.05) is 18.7 Å². The third-order valence-corrected chi connectivity index (χ3v) is 2.62. The Morgan fingerprint density at radius 1 is 1.56 bits per heavy atom. The Morgan fingerprint density at radius 3 is 2.83 bits per heavy atom. The second-order valence-electron chi connectivity index (χ2n) is 4.22. The lowest BCUT2D eigenvalue weighted by Gasteiger charge is -2.29. The summed E-state index contributed by atoms with van der Waals surface area (Å²) in [5.41, 5.74) is 6.24. The summed E-state index contributed by atoms with van der Waals surface area (Å²) in [7, 11) is 0. The zero-order valence-corrected chi connectivity index (χ0v) is 10.7. The van der Waals surface area contributed by atoms with E-state index in [0.29, 0.717) is 24.3 Å². The molecule has 0 bridgehead atoms. The minimum absolute atomic E-state index is 0.0350. The number of rotatable bonds is 6. The summed E-state index contributed by atoms with van der Waals surface area (Å²) < 4.78 is 0. The first-order valence-corrected chi connectivity index (χ1v) is 5.92. The number of anilines is 1. The number of nitrogens with two attached hydrogens (primary N) is 1. The van der Waals surface area contributed by atoms with Gasteiger partial charge in [-0.15, -0.1) is 0 Å². The average molecular weight is 252 g/mol. The number of aromatic nitrogens is 1. The molecule has 0 aliphatic heterocycles. The van der Waals surface area contributed by atoms with E-state index in [0.717, 1.165) is 0 Å². The fourth-order valence-electron chi connectivity index (χ4n) is 1.73. The molecule has 1 heterocycles. The Morgan fingerprint density at radius 2 is 2.28 bits per heavy atom. The number of pyridine rings is 1. The molecule has 0 spiro atoms. The zero-order chi connectivity index (χ0) is 13.5. The summed E-state index contributed by atoms with van der Waals surface area (Å²) in [6.07, 6.45) is 2.31. The highest BCUT2D eigenvalue weighted by Crippen LogP contribution is 2.19. The number of hydrogen-bond donors (Lipinski definition) is 3. The van der Waals surface area contributed by atoms with E-state index in [1.165, 1.54) is 0 Å². The maximum Gasteiger partial charge on any atom is 0.173 e. The highest BCUT2D eigenvalue weighted by Gasteiger charge is 2.17. The van der Waals surface area contributed by atoms with Crippen LogP contribution in [0.1, 0.15) is 25.8 Å². The topological polar surface area (TPSA) is 95.0 Å². The fraction of sp³-hybridized carbons (Fsp3) is 0.500. The quantitative estimate of drug-likeness (QED) is 0.301. The van der Waals surface area contributed by atoms with Crippen LogP contribution in [0.2, 0.25) is 0 Å². The summed E-state index contributed by atoms with van der Waals surface area (Å²) in [5.74, 6) is 0.698. The van der Waals surface area contributed by atoms with Crippen LogP contribution in [0.3, 0.4) is 0 Å². The highest BCUT2D eigenvalue weighted by molar-refractivity contribution is 6.01. The third-order valence-electron chi connectivity index (χ3n) is 2.62. The number of oxime groups is 1. The van der Waals surface area contributed by atoms with Crippen molar-refractivity contribution in [3.8, 4) is 0 Å². The predicted molar refractivity (Wildman–Crippen MR) is 70.9 cm³/mol. The maximum atomic E-state index is 8.93. The first-order chi connectivity index (χ1) is 8.61. The predicted octanol–water partition coefficient (Wildman–Crippen LogP) is 0.773. The van der Waals surface area contributed by atoms with Gasteiger partial charge in [0.15, 0.2) is 5.84 Å². The molecule has 0 saturated heterocycles. The maximum absolute atomic E-state index is 8.93. The van der Waals surface area contributed by atoms with Crippen LogP contribution in [-0.4, -0.2) is 40.3 Å². The van der Waals surface area contributed by atoms with Crippen molar-refractivity contribution in [2.45, 2.75) is 26.3 Å². The van der Waals surface area contributed by atoms with E-state index in [-0.39, 0.29) is 18.5 Å². The molecule has 6 heteroatoms. The van der Waals surface area contributed by atoms with Crippen molar-refractivity contribution in [1.29, 1.82) is 0 Å². The minimum atomic E-state index is 0.0350. The molecule has 0 radical (unpaired) electrons. The third kappa shape index (κ3) is 3.33. The fourth-order valence-corrected chi connectivity index (χ4v) is 1.73. The molecule has 1 aromatic heterocycles. The van der Waals surface area contributed by atoms with Gasteiger partial charge in [0.05, 0.1) is 5.56 Å². The average Bonchev–Trinajstić information content (AvgIpc) is 2.38. The summed E-state index contributed by atoms with van der Waals surface area (Å²) >= 11 is 0. The van der Waals surface area contributed by atoms with E-state index in [4.69, 9.17) is 16.0 Å². The van der Waals surface area contributed by atoms with Crippen LogP contribution in [0.25, 0.3) is 0 Å². The van der Waals surface area contributed by atoms with Gasteiger partial charge in [0, 0.05) is 25.4 Å². The molecule has 0 aliphatic carbocycles. The van der Waals surface area contributed by atoms with Gasteiger partial charge in [-0.05, 0) is 32.4 Å². The van der Waals surface area contributed by atoms with Crippen LogP contribution in [0.15, 0.2) is 23.5 Å². The van der Waals surface area contributed by atoms with Gasteiger partial charge in [-0.1, -0.05) is 5.16 Å². The minimum Gasteiger partial charge on any atom is -0.409 e. The van der Waals surface area contributed by atoms with Crippen LogP contribution in [0.5, 0.6) is 0 Å². The molecule has 0 amide bonds. The van der Waals surface area contributed by atoms with Gasteiger partial charge in [-0.2, -0.15) is 0 Å². The van der Waals surface area contributed by atoms with Gasteiger partial charge in [-0.25, -0.2) is 4.98 Å². The second-order valence-corrected chi connectivity index (χ2v) is 4.22. The van der Waals surface area contributed by atoms with E-state index >= 15 is 0 Å². The van der Waals surface area contributed by atoms with Crippen LogP contribution in [0, 0.1) is 0 Å². The molecular weight excluding hydrogens is 232 g/mol. The van der Waals surface area contributed by atoms with Crippen molar-refractivity contribution < 1.29 is 10.3 Å². The van der Waals surface area contributed by atoms with Crippen molar-refractivity contribution in [3.05, 3.63) is 23.9 Å². The SMILES string of the molecule is CC(C)N(CCCO)c1ncccc1C(N)=NO. The molecule has 18 heavy (non-hydrogen) atoms. The summed E-state index contributed by atoms with van der Waals surface area (Å²) in [4.78, 5) is 6.31. The van der Waals surface area contributed by atoms with E-state index in [1.54, 1.807) is 18.3 Å². The summed E-state index contributed by atoms with van der Waals surface area (Å²) in [6, 6.07) is 3.70. The number of aliphatic hydroxyl groups is 1. The number of amidine groups is 1. The molecule has 1 rings (SSSR count). The first kappa shape index (κ1) is 14.2. The van der Waals surface area contributed by atoms with Gasteiger partial charge in [-0.3, -0.25) is 0 Å². The van der Waals surface area contributed by atoms with Gasteiger partial charge < -0.3 is 20.9 Å². The largest absolute Gasteiger partial charge is 0.409 e. The molecule has 1 aromatic rings. The van der Waals surface area contributed by atoms with Crippen LogP contribution in [0.4, 0.5) is 5.82 Å². The first-order valence-electron chi connectivity index (χ1n) is 5.92. The summed E-state index contributed by atoms with van der Waals surface area (Å²) in [6.45, 7) is 4.84. The Kier molecular flexibility index (Phi) is 5.38. The van der Waals surface area contributed by atoms with Gasteiger partial charge in [0.25, 0.3) is 0 Å². The Hall–Kier alpha value is -1.82. The van der Waals surface area contributed by atoms with Crippen molar-refractivity contribution >= 4 is 11.7 Å². The Balaban J connectivity index is 3.11. The highest BCUT2D eigenvalue weighted by atomic mass is 16.4. The Bertz CT molecular complexity index is 407. The molecule has 4 N–H and O–H groups in total. The molecule has 0 saturated carbocycles. The monoisotopic (exact) mass is 252 g/mol. The second kappa shape index (κ2) is 6.80. The molecule has 0 atom stereocenters. The molecule has 0 unspecified atom stereocenters. The van der Waals surface area contributed by atoms with E-state index < -0.39 is 0 Å². The van der Waals surface area contributed by atoms with E-state index in [2.05, 4.69) is 10.1 Å². The van der Waals surface area contributed by atoms with Crippen molar-refractivity contribution in [3.63, 3.8) is 0 Å². The number of hydrogen-bond acceptors (Lipinski definition) is 5. The van der Waals surface area contributed by atoms with Crippen LogP contribution < -0.4 is 10.6 Å². The smallest absolute Gasteiger partial charge is 0.173 e. The lowest BCUT2D eigenvalue weighted by Crippen LogP contribution is -2.35. The molecule has 0 fully saturated rings. The summed E-state index contributed by atoms with van der Waals surface area (Å²) in [5, 5.41) is 20.7. The van der Waals surface area contributed by atoms with Crippen LogP contribution >= 0.6 is 0 Å². The normalized spacial score (nSPS) is 11.9. The molecular formula is C12H20N4O2. The van der Waals surface area contributed by atoms with Gasteiger partial charge >= 0.3 is 0 Å². The lowest BCUT2D eigenvalue weighted by molar-refractivity contribution is 0.288. The van der Waals surface area contributed by atoms with Crippen molar-refractivity contribution in [2.24, 2.45) is 10.9 Å². The standard InChI is InChI=1S/C12H20N4O2/c1-9(2)16(7-4-8-17)12-10(11(13)15-18)5-3-6-14-12/h3,5-6,9,17-18H,4,7-8H2,1-2H3,(H2,13,15). The lowest BCUT2D eigenvalue weighted by atomic mass is 10.2. The molecule has 0 aliphatic rings. The van der Waals surface area contributed by atoms with Gasteiger partial charge in [0.1, 0.15) is 5.82 Å². The zero-order valence-electron chi connectivity index (χ0n) is 10.7. The number of aliphatic hydroxyl groups excluding tert-OH is 1. The number of nitrogens with zero attached hydrogens (tertiary/aromatic N) is 3. The van der Waals surface area contributed by atoms with Crippen molar-refractivity contribution in [1.82, 2.24) is 4.98 Å². The molecule has 6 nitrogen and oxygen atoms in total. The van der Waals surface area contributed by atoms with Crippen LogP contribution in [-0.2, 0) is 0 Å².